The minimum atomic E-state index is -0.616. The van der Waals surface area contributed by atoms with Crippen molar-refractivity contribution in [2.75, 3.05) is 0 Å². The summed E-state index contributed by atoms with van der Waals surface area (Å²) >= 11 is 0. The number of rotatable bonds is 1. The third-order valence-corrected chi connectivity index (χ3v) is 4.05. The molecule has 0 saturated carbocycles. The van der Waals surface area contributed by atoms with E-state index in [-0.39, 0.29) is 5.82 Å². The van der Waals surface area contributed by atoms with Gasteiger partial charge in [0.2, 0.25) is 0 Å². The molecule has 0 N–H and O–H groups in total. The molecule has 3 nitrogen and oxygen atoms in total. The van der Waals surface area contributed by atoms with Gasteiger partial charge >= 0.3 is 7.12 Å². The highest BCUT2D eigenvalue weighted by Crippen LogP contribution is 2.37. The van der Waals surface area contributed by atoms with Crippen LogP contribution in [0.4, 0.5) is 4.39 Å². The van der Waals surface area contributed by atoms with Gasteiger partial charge in [-0.2, -0.15) is 0 Å². The molecule has 1 fully saturated rings. The molecule has 1 aromatic carbocycles. The van der Waals surface area contributed by atoms with Gasteiger partial charge in [0, 0.05) is 10.8 Å². The molecule has 1 aromatic heterocycles. The van der Waals surface area contributed by atoms with Crippen LogP contribution in [0.3, 0.4) is 0 Å². The van der Waals surface area contributed by atoms with Gasteiger partial charge in [-0.3, -0.25) is 0 Å². The van der Waals surface area contributed by atoms with Crippen molar-refractivity contribution in [3.63, 3.8) is 0 Å². The smallest absolute Gasteiger partial charge is 0.465 e. The van der Waals surface area contributed by atoms with Crippen LogP contribution in [0.15, 0.2) is 28.9 Å². The van der Waals surface area contributed by atoms with Crippen molar-refractivity contribution in [2.45, 2.75) is 38.9 Å². The molecule has 1 saturated heterocycles. The van der Waals surface area contributed by atoms with E-state index in [1.165, 1.54) is 12.1 Å². The van der Waals surface area contributed by atoms with Crippen LogP contribution in [0.25, 0.3) is 11.0 Å². The van der Waals surface area contributed by atoms with Gasteiger partial charge in [0.1, 0.15) is 11.4 Å². The lowest BCUT2D eigenvalue weighted by Crippen LogP contribution is -2.41. The topological polar surface area (TPSA) is 31.6 Å². The van der Waals surface area contributed by atoms with E-state index in [0.29, 0.717) is 16.4 Å². The van der Waals surface area contributed by atoms with Crippen molar-refractivity contribution in [3.05, 3.63) is 30.3 Å². The fraction of sp³-hybridized carbons (Fsp3) is 0.429. The highest BCUT2D eigenvalue weighted by Gasteiger charge is 2.52. The molecule has 3 rings (SSSR count). The van der Waals surface area contributed by atoms with Gasteiger partial charge in [0.05, 0.1) is 17.5 Å². The zero-order valence-electron chi connectivity index (χ0n) is 11.5. The monoisotopic (exact) mass is 262 g/mol. The molecule has 0 radical (unpaired) electrons. The largest absolute Gasteiger partial charge is 0.498 e. The second-order valence-corrected chi connectivity index (χ2v) is 5.92. The van der Waals surface area contributed by atoms with Crippen molar-refractivity contribution in [2.24, 2.45) is 0 Å². The molecule has 19 heavy (non-hydrogen) atoms. The average molecular weight is 262 g/mol. The minimum Gasteiger partial charge on any atom is -0.465 e. The van der Waals surface area contributed by atoms with Crippen LogP contribution in [0.5, 0.6) is 0 Å². The molecule has 0 spiro atoms. The average Bonchev–Trinajstić information content (AvgIpc) is 2.80. The summed E-state index contributed by atoms with van der Waals surface area (Å²) in [6.45, 7) is 7.86. The van der Waals surface area contributed by atoms with Crippen LogP contribution in [0, 0.1) is 5.82 Å². The van der Waals surface area contributed by atoms with Gasteiger partial charge in [-0.05, 0) is 45.9 Å². The lowest BCUT2D eigenvalue weighted by atomic mass is 9.78. The number of halogens is 1. The molecule has 1 aliphatic rings. The van der Waals surface area contributed by atoms with Crippen LogP contribution in [-0.2, 0) is 9.31 Å². The Morgan fingerprint density at radius 2 is 1.68 bits per heavy atom. The summed E-state index contributed by atoms with van der Waals surface area (Å²) < 4.78 is 31.0. The van der Waals surface area contributed by atoms with E-state index in [4.69, 9.17) is 13.7 Å². The Kier molecular flexibility index (Phi) is 2.56. The summed E-state index contributed by atoms with van der Waals surface area (Å²) in [4.78, 5) is 0. The van der Waals surface area contributed by atoms with Crippen LogP contribution < -0.4 is 5.46 Å². The number of benzene rings is 1. The van der Waals surface area contributed by atoms with E-state index in [0.717, 1.165) is 0 Å². The highest BCUT2D eigenvalue weighted by molar-refractivity contribution is 6.64. The van der Waals surface area contributed by atoms with Gasteiger partial charge < -0.3 is 13.7 Å². The summed E-state index contributed by atoms with van der Waals surface area (Å²) in [5.41, 5.74) is 0.296. The Morgan fingerprint density at radius 1 is 1.05 bits per heavy atom. The van der Waals surface area contributed by atoms with E-state index < -0.39 is 18.3 Å². The third-order valence-electron chi connectivity index (χ3n) is 4.05. The Morgan fingerprint density at radius 3 is 2.32 bits per heavy atom. The van der Waals surface area contributed by atoms with E-state index >= 15 is 0 Å². The molecule has 0 unspecified atom stereocenters. The zero-order chi connectivity index (χ0) is 13.8. The fourth-order valence-electron chi connectivity index (χ4n) is 2.22. The number of hydrogen-bond acceptors (Lipinski definition) is 3. The summed E-state index contributed by atoms with van der Waals surface area (Å²) in [7, 11) is -0.616. The molecule has 100 valence electrons. The summed E-state index contributed by atoms with van der Waals surface area (Å²) in [5.74, 6) is -0.321. The Hall–Kier alpha value is -1.33. The molecule has 2 aromatic rings. The molecule has 0 aliphatic carbocycles. The van der Waals surface area contributed by atoms with Crippen molar-refractivity contribution < 1.29 is 18.1 Å². The van der Waals surface area contributed by atoms with E-state index in [1.54, 1.807) is 12.3 Å². The van der Waals surface area contributed by atoms with Crippen LogP contribution in [0.1, 0.15) is 27.7 Å². The number of hydrogen-bond donors (Lipinski definition) is 0. The first-order valence-corrected chi connectivity index (χ1v) is 6.32. The molecule has 2 heterocycles. The van der Waals surface area contributed by atoms with Crippen LogP contribution in [-0.4, -0.2) is 18.3 Å². The van der Waals surface area contributed by atoms with Gasteiger partial charge in [-0.1, -0.05) is 0 Å². The second kappa shape index (κ2) is 3.84. The van der Waals surface area contributed by atoms with Crippen molar-refractivity contribution in [1.29, 1.82) is 0 Å². The summed E-state index contributed by atoms with van der Waals surface area (Å²) in [6.07, 6.45) is 1.54. The number of furan rings is 1. The molecular formula is C14H16BFO3. The predicted octanol–water partition coefficient (Wildman–Crippen LogP) is 2.87. The minimum absolute atomic E-state index is 0.321. The number of fused-ring (bicyclic) bond motifs is 1. The Balaban J connectivity index is 2.09. The third kappa shape index (κ3) is 1.88. The maximum absolute atomic E-state index is 13.7. The maximum Gasteiger partial charge on any atom is 0.498 e. The van der Waals surface area contributed by atoms with Crippen molar-refractivity contribution in [1.82, 2.24) is 0 Å². The first kappa shape index (κ1) is 12.7. The normalized spacial score (nSPS) is 21.2. The standard InChI is InChI=1S/C14H16BFO3/c1-13(2)14(3,4)19-15(18-13)11-8-10(16)7-9-5-6-17-12(9)11/h5-8H,1-4H3. The second-order valence-electron chi connectivity index (χ2n) is 5.92. The molecular weight excluding hydrogens is 246 g/mol. The molecule has 0 amide bonds. The van der Waals surface area contributed by atoms with E-state index in [9.17, 15) is 4.39 Å². The van der Waals surface area contributed by atoms with Crippen LogP contribution >= 0.6 is 0 Å². The zero-order valence-corrected chi connectivity index (χ0v) is 11.5. The lowest BCUT2D eigenvalue weighted by molar-refractivity contribution is 0.00578. The molecule has 0 atom stereocenters. The van der Waals surface area contributed by atoms with E-state index in [1.807, 2.05) is 27.7 Å². The van der Waals surface area contributed by atoms with Gasteiger partial charge in [-0.15, -0.1) is 0 Å². The van der Waals surface area contributed by atoms with Crippen molar-refractivity contribution >= 4 is 23.6 Å². The fourth-order valence-corrected chi connectivity index (χ4v) is 2.22. The summed E-state index contributed by atoms with van der Waals surface area (Å²) in [5, 5.41) is 0.713. The van der Waals surface area contributed by atoms with Crippen molar-refractivity contribution in [3.8, 4) is 0 Å². The maximum atomic E-state index is 13.7. The molecule has 1 aliphatic heterocycles. The first-order chi connectivity index (χ1) is 8.80. The van der Waals surface area contributed by atoms with Gasteiger partial charge in [0.25, 0.3) is 0 Å². The predicted molar refractivity (Wildman–Crippen MR) is 71.9 cm³/mol. The first-order valence-electron chi connectivity index (χ1n) is 6.32. The van der Waals surface area contributed by atoms with Gasteiger partial charge in [-0.25, -0.2) is 4.39 Å². The van der Waals surface area contributed by atoms with Gasteiger partial charge in [0.15, 0.2) is 0 Å². The Labute approximate surface area is 111 Å². The Bertz CT molecular complexity index is 617. The van der Waals surface area contributed by atoms with E-state index in [2.05, 4.69) is 0 Å². The highest BCUT2D eigenvalue weighted by atomic mass is 19.1. The molecule has 5 heteroatoms. The molecule has 0 bridgehead atoms. The van der Waals surface area contributed by atoms with Crippen LogP contribution in [0.2, 0.25) is 0 Å². The lowest BCUT2D eigenvalue weighted by Gasteiger charge is -2.32. The summed E-state index contributed by atoms with van der Waals surface area (Å²) in [6, 6.07) is 4.58. The SMILES string of the molecule is CC1(C)OB(c2cc(F)cc3ccoc23)OC1(C)C. The quantitative estimate of drug-likeness (QED) is 0.740.